The van der Waals surface area contributed by atoms with Gasteiger partial charge in [-0.15, -0.1) is 0 Å². The number of piperazine rings is 1. The summed E-state index contributed by atoms with van der Waals surface area (Å²) in [5.41, 5.74) is 1.28. The third-order valence-electron chi connectivity index (χ3n) is 6.15. The molecule has 2 amide bonds. The zero-order chi connectivity index (χ0) is 26.3. The quantitative estimate of drug-likeness (QED) is 0.495. The van der Waals surface area contributed by atoms with Crippen LogP contribution in [0.3, 0.4) is 0 Å². The van der Waals surface area contributed by atoms with Crippen LogP contribution in [0.25, 0.3) is 0 Å². The number of likely N-dealkylation sites (N-methyl/N-ethyl adjacent to an activating group) is 2. The molecule has 0 radical (unpaired) electrons. The number of benzene rings is 2. The Morgan fingerprint density at radius 1 is 1.06 bits per heavy atom. The van der Waals surface area contributed by atoms with Crippen molar-refractivity contribution in [2.24, 2.45) is 0 Å². The van der Waals surface area contributed by atoms with Crippen LogP contribution in [0.1, 0.15) is 24.2 Å². The molecule has 2 aromatic carbocycles. The number of nitrogens with one attached hydrogen (secondary N) is 2. The number of sulfonamides is 1. The Labute approximate surface area is 213 Å². The molecule has 3 rings (SSSR count). The van der Waals surface area contributed by atoms with E-state index in [1.807, 2.05) is 13.8 Å². The van der Waals surface area contributed by atoms with E-state index >= 15 is 0 Å². The van der Waals surface area contributed by atoms with E-state index in [-0.39, 0.29) is 28.8 Å². The molecule has 0 spiro atoms. The predicted octanol–water partition coefficient (Wildman–Crippen LogP) is 1.85. The Bertz CT molecular complexity index is 1160. The lowest BCUT2D eigenvalue weighted by atomic mass is 10.1. The molecule has 1 saturated heterocycles. The highest BCUT2D eigenvalue weighted by Crippen LogP contribution is 2.30. The Morgan fingerprint density at radius 3 is 2.28 bits per heavy atom. The van der Waals surface area contributed by atoms with Crippen LogP contribution in [-0.4, -0.2) is 90.0 Å². The minimum atomic E-state index is -3.93. The van der Waals surface area contributed by atoms with Crippen molar-refractivity contribution in [3.63, 3.8) is 0 Å². The summed E-state index contributed by atoms with van der Waals surface area (Å²) in [4.78, 5) is 30.8. The van der Waals surface area contributed by atoms with Crippen LogP contribution < -0.4 is 19.7 Å². The molecule has 0 aliphatic carbocycles. The molecule has 10 nitrogen and oxygen atoms in total. The first-order chi connectivity index (χ1) is 17.2. The van der Waals surface area contributed by atoms with Crippen LogP contribution in [0.5, 0.6) is 5.75 Å². The zero-order valence-electron chi connectivity index (χ0n) is 21.3. The van der Waals surface area contributed by atoms with Gasteiger partial charge < -0.3 is 24.8 Å². The van der Waals surface area contributed by atoms with Gasteiger partial charge in [0.05, 0.1) is 29.9 Å². The van der Waals surface area contributed by atoms with Crippen LogP contribution >= 0.6 is 0 Å². The summed E-state index contributed by atoms with van der Waals surface area (Å²) in [6.07, 6.45) is 0. The number of ether oxygens (including phenoxy) is 1. The van der Waals surface area contributed by atoms with Crippen LogP contribution in [0, 0.1) is 0 Å². The first kappa shape index (κ1) is 27.3. The maximum Gasteiger partial charge on any atom is 0.261 e. The number of anilines is 2. The van der Waals surface area contributed by atoms with Gasteiger partial charge in [-0.1, -0.05) is 0 Å². The van der Waals surface area contributed by atoms with Gasteiger partial charge in [0, 0.05) is 51.9 Å². The molecule has 0 bridgehead atoms. The van der Waals surface area contributed by atoms with Gasteiger partial charge in [-0.25, -0.2) is 8.42 Å². The third-order valence-corrected chi connectivity index (χ3v) is 7.53. The van der Waals surface area contributed by atoms with E-state index in [9.17, 15) is 18.0 Å². The summed E-state index contributed by atoms with van der Waals surface area (Å²) < 4.78 is 34.2. The van der Waals surface area contributed by atoms with Crippen molar-refractivity contribution in [1.82, 2.24) is 15.1 Å². The molecular weight excluding hydrogens is 482 g/mol. The standard InChI is InChI=1S/C25H35N5O5S/c1-5-29(6-2)24(31)18-28(3)25(32)19-7-12-23(30-15-13-26-14-16-30)22(17-19)27-36(33,34)21-10-8-20(35-4)9-11-21/h7-12,17,26-27H,5-6,13-16,18H2,1-4H3. The van der Waals surface area contributed by atoms with Gasteiger partial charge in [-0.3, -0.25) is 14.3 Å². The van der Waals surface area contributed by atoms with Crippen molar-refractivity contribution in [1.29, 1.82) is 0 Å². The highest BCUT2D eigenvalue weighted by atomic mass is 32.2. The van der Waals surface area contributed by atoms with Crippen LogP contribution in [0.15, 0.2) is 47.4 Å². The van der Waals surface area contributed by atoms with Crippen molar-refractivity contribution >= 4 is 33.2 Å². The summed E-state index contributed by atoms with van der Waals surface area (Å²) in [6, 6.07) is 11.1. The third kappa shape index (κ3) is 6.46. The van der Waals surface area contributed by atoms with Crippen molar-refractivity contribution in [2.45, 2.75) is 18.7 Å². The van der Waals surface area contributed by atoms with Crippen molar-refractivity contribution in [3.05, 3.63) is 48.0 Å². The lowest BCUT2D eigenvalue weighted by molar-refractivity contribution is -0.131. The average Bonchev–Trinajstić information content (AvgIpc) is 2.89. The number of nitrogens with zero attached hydrogens (tertiary/aromatic N) is 3. The average molecular weight is 518 g/mol. The SMILES string of the molecule is CCN(CC)C(=O)CN(C)C(=O)c1ccc(N2CCNCC2)c(NS(=O)(=O)c2ccc(OC)cc2)c1. The van der Waals surface area contributed by atoms with E-state index in [4.69, 9.17) is 4.74 Å². The second-order valence-corrected chi connectivity index (χ2v) is 10.2. The van der Waals surface area contributed by atoms with E-state index in [2.05, 4.69) is 14.9 Å². The molecule has 2 N–H and O–H groups in total. The first-order valence-electron chi connectivity index (χ1n) is 12.0. The number of hydrogen-bond acceptors (Lipinski definition) is 7. The van der Waals surface area contributed by atoms with Crippen LogP contribution in [0.4, 0.5) is 11.4 Å². The lowest BCUT2D eigenvalue weighted by Gasteiger charge is -2.31. The smallest absolute Gasteiger partial charge is 0.261 e. The minimum Gasteiger partial charge on any atom is -0.497 e. The normalized spacial score (nSPS) is 13.7. The predicted molar refractivity (Wildman–Crippen MR) is 140 cm³/mol. The fraction of sp³-hybridized carbons (Fsp3) is 0.440. The number of amides is 2. The summed E-state index contributed by atoms with van der Waals surface area (Å²) in [5.74, 6) is 0.0336. The number of carbonyl (C=O) groups is 2. The topological polar surface area (TPSA) is 111 Å². The minimum absolute atomic E-state index is 0.0625. The van der Waals surface area contributed by atoms with E-state index in [0.717, 1.165) is 13.1 Å². The van der Waals surface area contributed by atoms with Gasteiger partial charge >= 0.3 is 0 Å². The summed E-state index contributed by atoms with van der Waals surface area (Å²) in [5, 5.41) is 3.28. The van der Waals surface area contributed by atoms with Crippen molar-refractivity contribution < 1.29 is 22.7 Å². The highest BCUT2D eigenvalue weighted by molar-refractivity contribution is 7.92. The maximum absolute atomic E-state index is 13.2. The maximum atomic E-state index is 13.2. The first-order valence-corrected chi connectivity index (χ1v) is 13.5. The van der Waals surface area contributed by atoms with Gasteiger partial charge in [-0.2, -0.15) is 0 Å². The largest absolute Gasteiger partial charge is 0.497 e. The summed E-state index contributed by atoms with van der Waals surface area (Å²) in [7, 11) is -0.858. The monoisotopic (exact) mass is 517 g/mol. The van der Waals surface area contributed by atoms with Gasteiger partial charge in [0.2, 0.25) is 5.91 Å². The van der Waals surface area contributed by atoms with E-state index in [0.29, 0.717) is 43.3 Å². The Morgan fingerprint density at radius 2 is 1.69 bits per heavy atom. The van der Waals surface area contributed by atoms with E-state index in [1.165, 1.54) is 24.1 Å². The fourth-order valence-electron chi connectivity index (χ4n) is 4.06. The molecule has 0 atom stereocenters. The highest BCUT2D eigenvalue weighted by Gasteiger charge is 2.23. The molecule has 1 aliphatic rings. The molecule has 2 aromatic rings. The molecule has 1 fully saturated rings. The molecule has 196 valence electrons. The van der Waals surface area contributed by atoms with E-state index < -0.39 is 10.0 Å². The van der Waals surface area contributed by atoms with Gasteiger partial charge in [-0.05, 0) is 56.3 Å². The fourth-order valence-corrected chi connectivity index (χ4v) is 5.13. The van der Waals surface area contributed by atoms with Gasteiger partial charge in [0.25, 0.3) is 15.9 Å². The molecule has 11 heteroatoms. The second-order valence-electron chi connectivity index (χ2n) is 8.48. The van der Waals surface area contributed by atoms with Crippen LogP contribution in [0.2, 0.25) is 0 Å². The number of hydrogen-bond donors (Lipinski definition) is 2. The molecular formula is C25H35N5O5S. The zero-order valence-corrected chi connectivity index (χ0v) is 22.1. The lowest BCUT2D eigenvalue weighted by Crippen LogP contribution is -2.44. The number of carbonyl (C=O) groups excluding carboxylic acids is 2. The number of methoxy groups -OCH3 is 1. The van der Waals surface area contributed by atoms with Crippen LogP contribution in [-0.2, 0) is 14.8 Å². The Balaban J connectivity index is 1.91. The Hall–Kier alpha value is -3.31. The van der Waals surface area contributed by atoms with E-state index in [1.54, 1.807) is 42.3 Å². The molecule has 0 aromatic heterocycles. The molecule has 36 heavy (non-hydrogen) atoms. The molecule has 1 heterocycles. The van der Waals surface area contributed by atoms with Gasteiger partial charge in [0.15, 0.2) is 0 Å². The summed E-state index contributed by atoms with van der Waals surface area (Å²) in [6.45, 7) is 7.77. The van der Waals surface area contributed by atoms with Gasteiger partial charge in [0.1, 0.15) is 5.75 Å². The molecule has 0 unspecified atom stereocenters. The van der Waals surface area contributed by atoms with Crippen molar-refractivity contribution in [3.8, 4) is 5.75 Å². The number of rotatable bonds is 10. The molecule has 1 aliphatic heterocycles. The summed E-state index contributed by atoms with van der Waals surface area (Å²) >= 11 is 0. The second kappa shape index (κ2) is 12.1. The van der Waals surface area contributed by atoms with Crippen molar-refractivity contribution in [2.75, 3.05) is 69.6 Å². The molecule has 0 saturated carbocycles. The Kier molecular flexibility index (Phi) is 9.16.